The van der Waals surface area contributed by atoms with E-state index in [0.717, 1.165) is 12.8 Å². The Balaban J connectivity index is 2.06. The molecule has 1 aromatic heterocycles. The summed E-state index contributed by atoms with van der Waals surface area (Å²) in [5, 5.41) is 6.83. The number of aromatic nitrogens is 2. The maximum absolute atomic E-state index is 11.6. The van der Waals surface area contributed by atoms with Gasteiger partial charge in [-0.05, 0) is 19.3 Å². The van der Waals surface area contributed by atoms with Crippen LogP contribution >= 0.6 is 0 Å². The number of aryl methyl sites for hydroxylation is 1. The van der Waals surface area contributed by atoms with E-state index in [1.54, 1.807) is 7.05 Å². The Bertz CT molecular complexity index is 354. The second-order valence-electron chi connectivity index (χ2n) is 3.67. The summed E-state index contributed by atoms with van der Waals surface area (Å²) >= 11 is 0. The third kappa shape index (κ3) is 1.45. The van der Waals surface area contributed by atoms with Crippen molar-refractivity contribution in [1.82, 2.24) is 15.1 Å². The van der Waals surface area contributed by atoms with Crippen molar-refractivity contribution in [1.29, 1.82) is 0 Å². The molecule has 1 aliphatic carbocycles. The van der Waals surface area contributed by atoms with Gasteiger partial charge in [-0.3, -0.25) is 9.48 Å². The number of nitrogens with zero attached hydrogens (tertiary/aromatic N) is 2. The van der Waals surface area contributed by atoms with Gasteiger partial charge in [0.1, 0.15) is 11.4 Å². The minimum absolute atomic E-state index is 0.111. The lowest BCUT2D eigenvalue weighted by Crippen LogP contribution is -2.39. The molecule has 0 saturated heterocycles. The van der Waals surface area contributed by atoms with Gasteiger partial charge in [0.05, 0.1) is 6.20 Å². The van der Waals surface area contributed by atoms with Crippen LogP contribution in [-0.2, 0) is 7.05 Å². The molecule has 1 aromatic rings. The first-order valence-electron chi connectivity index (χ1n) is 4.77. The SMILES string of the molecule is Cn1ncc(C(=O)NC2CCC2)c1N. The van der Waals surface area contributed by atoms with E-state index in [1.807, 2.05) is 0 Å². The van der Waals surface area contributed by atoms with E-state index in [1.165, 1.54) is 17.3 Å². The number of anilines is 1. The maximum atomic E-state index is 11.6. The monoisotopic (exact) mass is 194 g/mol. The predicted octanol–water partition coefficient (Wildman–Crippen LogP) is 0.285. The second-order valence-corrected chi connectivity index (χ2v) is 3.67. The first-order chi connectivity index (χ1) is 6.68. The van der Waals surface area contributed by atoms with Gasteiger partial charge in [0.15, 0.2) is 0 Å². The minimum Gasteiger partial charge on any atom is -0.383 e. The molecule has 1 aliphatic rings. The molecule has 0 aliphatic heterocycles. The standard InChI is InChI=1S/C9H14N4O/c1-13-8(10)7(5-11-13)9(14)12-6-3-2-4-6/h5-6H,2-4,10H2,1H3,(H,12,14). The van der Waals surface area contributed by atoms with Crippen molar-refractivity contribution in [3.8, 4) is 0 Å². The first-order valence-corrected chi connectivity index (χ1v) is 4.77. The van der Waals surface area contributed by atoms with Gasteiger partial charge in [-0.1, -0.05) is 0 Å². The number of amides is 1. The average Bonchev–Trinajstić information content (AvgIpc) is 2.41. The van der Waals surface area contributed by atoms with Crippen LogP contribution in [0.4, 0.5) is 5.82 Å². The molecule has 5 heteroatoms. The first kappa shape index (κ1) is 9.05. The van der Waals surface area contributed by atoms with Crippen LogP contribution in [0.15, 0.2) is 6.20 Å². The quantitative estimate of drug-likeness (QED) is 0.710. The number of carbonyl (C=O) groups is 1. The van der Waals surface area contributed by atoms with Crippen molar-refractivity contribution in [2.24, 2.45) is 7.05 Å². The molecule has 1 fully saturated rings. The molecule has 3 N–H and O–H groups in total. The molecule has 0 aromatic carbocycles. The van der Waals surface area contributed by atoms with Crippen LogP contribution in [-0.4, -0.2) is 21.7 Å². The highest BCUT2D eigenvalue weighted by molar-refractivity contribution is 5.98. The molecule has 0 atom stereocenters. The van der Waals surface area contributed by atoms with Crippen LogP contribution in [0.25, 0.3) is 0 Å². The largest absolute Gasteiger partial charge is 0.383 e. The van der Waals surface area contributed by atoms with E-state index in [-0.39, 0.29) is 5.91 Å². The van der Waals surface area contributed by atoms with Crippen molar-refractivity contribution in [2.75, 3.05) is 5.73 Å². The minimum atomic E-state index is -0.111. The smallest absolute Gasteiger partial charge is 0.256 e. The van der Waals surface area contributed by atoms with E-state index >= 15 is 0 Å². The van der Waals surface area contributed by atoms with Crippen LogP contribution < -0.4 is 11.1 Å². The number of rotatable bonds is 2. The molecule has 0 unspecified atom stereocenters. The molecule has 1 saturated carbocycles. The molecule has 14 heavy (non-hydrogen) atoms. The van der Waals surface area contributed by atoms with Crippen LogP contribution in [0.3, 0.4) is 0 Å². The predicted molar refractivity (Wildman–Crippen MR) is 52.7 cm³/mol. The number of hydrogen-bond donors (Lipinski definition) is 2. The molecule has 1 amide bonds. The van der Waals surface area contributed by atoms with Crippen molar-refractivity contribution < 1.29 is 4.79 Å². The Morgan fingerprint density at radius 3 is 2.86 bits per heavy atom. The lowest BCUT2D eigenvalue weighted by molar-refractivity contribution is 0.0918. The van der Waals surface area contributed by atoms with E-state index in [2.05, 4.69) is 10.4 Å². The highest BCUT2D eigenvalue weighted by atomic mass is 16.1. The van der Waals surface area contributed by atoms with Crippen LogP contribution in [0.1, 0.15) is 29.6 Å². The maximum Gasteiger partial charge on any atom is 0.256 e. The zero-order chi connectivity index (χ0) is 10.1. The van der Waals surface area contributed by atoms with Gasteiger partial charge in [-0.2, -0.15) is 5.10 Å². The van der Waals surface area contributed by atoms with E-state index < -0.39 is 0 Å². The molecular formula is C9H14N4O. The third-order valence-corrected chi connectivity index (χ3v) is 2.67. The van der Waals surface area contributed by atoms with Gasteiger partial charge in [0.2, 0.25) is 0 Å². The molecule has 76 valence electrons. The van der Waals surface area contributed by atoms with E-state index in [0.29, 0.717) is 17.4 Å². The summed E-state index contributed by atoms with van der Waals surface area (Å²) in [6.45, 7) is 0. The highest BCUT2D eigenvalue weighted by Crippen LogP contribution is 2.19. The third-order valence-electron chi connectivity index (χ3n) is 2.67. The molecule has 1 heterocycles. The summed E-state index contributed by atoms with van der Waals surface area (Å²) in [7, 11) is 1.72. The summed E-state index contributed by atoms with van der Waals surface area (Å²) in [6.07, 6.45) is 4.86. The van der Waals surface area contributed by atoms with Crippen molar-refractivity contribution >= 4 is 11.7 Å². The lowest BCUT2D eigenvalue weighted by atomic mass is 9.93. The summed E-state index contributed by atoms with van der Waals surface area (Å²) < 4.78 is 1.50. The molecule has 0 bridgehead atoms. The summed E-state index contributed by atoms with van der Waals surface area (Å²) in [4.78, 5) is 11.6. The molecule has 2 rings (SSSR count). The van der Waals surface area contributed by atoms with Crippen molar-refractivity contribution in [3.05, 3.63) is 11.8 Å². The van der Waals surface area contributed by atoms with Gasteiger partial charge in [-0.25, -0.2) is 0 Å². The van der Waals surface area contributed by atoms with E-state index in [4.69, 9.17) is 5.73 Å². The molecule has 5 nitrogen and oxygen atoms in total. The molecular weight excluding hydrogens is 180 g/mol. The molecule has 0 spiro atoms. The number of nitrogens with two attached hydrogens (primary N) is 1. The number of carbonyl (C=O) groups excluding carboxylic acids is 1. The second kappa shape index (κ2) is 3.32. The van der Waals surface area contributed by atoms with Crippen LogP contribution in [0, 0.1) is 0 Å². The zero-order valence-electron chi connectivity index (χ0n) is 8.16. The Labute approximate surface area is 82.3 Å². The normalized spacial score (nSPS) is 16.4. The Kier molecular flexibility index (Phi) is 2.15. The van der Waals surface area contributed by atoms with Gasteiger partial charge in [0, 0.05) is 13.1 Å². The number of hydrogen-bond acceptors (Lipinski definition) is 3. The summed E-state index contributed by atoms with van der Waals surface area (Å²) in [6, 6.07) is 0.335. The summed E-state index contributed by atoms with van der Waals surface area (Å²) in [5.41, 5.74) is 6.15. The molecule has 0 radical (unpaired) electrons. The van der Waals surface area contributed by atoms with Crippen LogP contribution in [0.2, 0.25) is 0 Å². The number of nitrogens with one attached hydrogen (secondary N) is 1. The van der Waals surface area contributed by atoms with Crippen molar-refractivity contribution in [2.45, 2.75) is 25.3 Å². The summed E-state index contributed by atoms with van der Waals surface area (Å²) in [5.74, 6) is 0.308. The zero-order valence-corrected chi connectivity index (χ0v) is 8.16. The Morgan fingerprint density at radius 2 is 2.43 bits per heavy atom. The van der Waals surface area contributed by atoms with Gasteiger partial charge < -0.3 is 11.1 Å². The van der Waals surface area contributed by atoms with Crippen LogP contribution in [0.5, 0.6) is 0 Å². The number of nitrogen functional groups attached to an aromatic ring is 1. The lowest BCUT2D eigenvalue weighted by Gasteiger charge is -2.26. The Morgan fingerprint density at radius 1 is 1.71 bits per heavy atom. The van der Waals surface area contributed by atoms with Gasteiger partial charge in [0.25, 0.3) is 5.91 Å². The van der Waals surface area contributed by atoms with Gasteiger partial charge in [-0.15, -0.1) is 0 Å². The fraction of sp³-hybridized carbons (Fsp3) is 0.556. The van der Waals surface area contributed by atoms with E-state index in [9.17, 15) is 4.79 Å². The fourth-order valence-electron chi connectivity index (χ4n) is 1.44. The van der Waals surface area contributed by atoms with Crippen molar-refractivity contribution in [3.63, 3.8) is 0 Å². The topological polar surface area (TPSA) is 72.9 Å². The fourth-order valence-corrected chi connectivity index (χ4v) is 1.44. The average molecular weight is 194 g/mol. The van der Waals surface area contributed by atoms with Gasteiger partial charge >= 0.3 is 0 Å². The Hall–Kier alpha value is -1.52. The highest BCUT2D eigenvalue weighted by Gasteiger charge is 2.22.